The average molecular weight is 514 g/mol. The quantitative estimate of drug-likeness (QED) is 0.275. The Kier molecular flexibility index (Phi) is 9.42. The van der Waals surface area contributed by atoms with E-state index in [1.54, 1.807) is 0 Å². The maximum atomic E-state index is 13.3. The summed E-state index contributed by atoms with van der Waals surface area (Å²) in [7, 11) is -6.27. The highest BCUT2D eigenvalue weighted by atomic mass is 32.2. The van der Waals surface area contributed by atoms with Gasteiger partial charge in [-0.25, -0.2) is 12.7 Å². The highest BCUT2D eigenvalue weighted by molar-refractivity contribution is 7.89. The predicted octanol–water partition coefficient (Wildman–Crippen LogP) is 4.57. The van der Waals surface area contributed by atoms with Crippen molar-refractivity contribution in [2.24, 2.45) is 5.73 Å². The normalized spacial score (nSPS) is 19.6. The first-order valence-corrected chi connectivity index (χ1v) is 15.6. The Labute approximate surface area is 204 Å². The van der Waals surface area contributed by atoms with E-state index in [2.05, 4.69) is 41.5 Å². The highest BCUT2D eigenvalue weighted by Gasteiger charge is 2.47. The highest BCUT2D eigenvalue weighted by Crippen LogP contribution is 2.44. The molecule has 34 heavy (non-hydrogen) atoms. The van der Waals surface area contributed by atoms with Crippen LogP contribution in [0.5, 0.6) is 0 Å². The summed E-state index contributed by atoms with van der Waals surface area (Å²) in [5.41, 5.74) is 6.69. The van der Waals surface area contributed by atoms with E-state index in [9.17, 15) is 23.3 Å². The Morgan fingerprint density at radius 2 is 1.53 bits per heavy atom. The first-order chi connectivity index (χ1) is 15.8. The lowest BCUT2D eigenvalue weighted by atomic mass is 9.93. The van der Waals surface area contributed by atoms with E-state index in [-0.39, 0.29) is 16.7 Å². The Morgan fingerprint density at radius 1 is 1.06 bits per heavy atom. The van der Waals surface area contributed by atoms with Gasteiger partial charge in [0.25, 0.3) is 15.7 Å². The molecule has 2 rings (SSSR count). The van der Waals surface area contributed by atoms with Gasteiger partial charge in [-0.3, -0.25) is 14.9 Å². The van der Waals surface area contributed by atoms with Crippen LogP contribution >= 0.6 is 0 Å². The molecule has 1 amide bonds. The average Bonchev–Trinajstić information content (AvgIpc) is 2.77. The molecule has 0 unspecified atom stereocenters. The zero-order chi connectivity index (χ0) is 25.8. The fraction of sp³-hybridized carbons (Fsp3) is 0.696. The molecule has 0 saturated heterocycles. The van der Waals surface area contributed by atoms with Gasteiger partial charge in [-0.2, -0.15) is 0 Å². The number of nitrogens with two attached hydrogens (primary N) is 1. The molecule has 1 aliphatic rings. The molecule has 0 radical (unpaired) electrons. The molecule has 0 bridgehead atoms. The van der Waals surface area contributed by atoms with Crippen LogP contribution in [0.1, 0.15) is 67.2 Å². The summed E-state index contributed by atoms with van der Waals surface area (Å²) in [5, 5.41) is 10.9. The number of hydrogen-bond acceptors (Lipinski definition) is 7. The number of nitro benzene ring substituents is 1. The molecular formula is C23H39N3O6SSi. The molecule has 1 aromatic rings. The van der Waals surface area contributed by atoms with E-state index in [0.717, 1.165) is 28.6 Å². The van der Waals surface area contributed by atoms with Crippen molar-refractivity contribution in [3.8, 4) is 0 Å². The molecular weight excluding hydrogens is 474 g/mol. The molecule has 1 saturated carbocycles. The van der Waals surface area contributed by atoms with Crippen molar-refractivity contribution in [3.63, 3.8) is 0 Å². The summed E-state index contributed by atoms with van der Waals surface area (Å²) in [5.74, 6) is -0.682. The Bertz CT molecular complexity index is 936. The van der Waals surface area contributed by atoms with Gasteiger partial charge < -0.3 is 10.2 Å². The topological polar surface area (TPSA) is 133 Å². The fourth-order valence-corrected chi connectivity index (χ4v) is 12.9. The van der Waals surface area contributed by atoms with Crippen LogP contribution < -0.4 is 5.73 Å². The molecule has 0 heterocycles. The van der Waals surface area contributed by atoms with Crippen molar-refractivity contribution in [2.75, 3.05) is 6.54 Å². The van der Waals surface area contributed by atoms with Crippen LogP contribution in [0, 0.1) is 10.1 Å². The van der Waals surface area contributed by atoms with E-state index in [4.69, 9.17) is 10.2 Å². The Balaban J connectivity index is 2.25. The monoisotopic (exact) mass is 513 g/mol. The third-order valence-corrected chi connectivity index (χ3v) is 15.1. The summed E-state index contributed by atoms with van der Waals surface area (Å²) >= 11 is 0. The van der Waals surface area contributed by atoms with E-state index in [0.29, 0.717) is 42.3 Å². The second-order valence-electron chi connectivity index (χ2n) is 10.0. The fourth-order valence-electron chi connectivity index (χ4n) is 5.57. The lowest BCUT2D eigenvalue weighted by Gasteiger charge is -2.46. The number of hydrogen-bond donors (Lipinski definition) is 1. The van der Waals surface area contributed by atoms with Crippen molar-refractivity contribution >= 4 is 29.9 Å². The molecule has 192 valence electrons. The van der Waals surface area contributed by atoms with Gasteiger partial charge >= 0.3 is 0 Å². The smallest absolute Gasteiger partial charge is 0.269 e. The van der Waals surface area contributed by atoms with Gasteiger partial charge in [-0.1, -0.05) is 41.5 Å². The summed E-state index contributed by atoms with van der Waals surface area (Å²) < 4.78 is 34.5. The van der Waals surface area contributed by atoms with Gasteiger partial charge in [0, 0.05) is 24.3 Å². The molecule has 1 fully saturated rings. The van der Waals surface area contributed by atoms with E-state index in [1.165, 1.54) is 0 Å². The van der Waals surface area contributed by atoms with Crippen LogP contribution in [0.2, 0.25) is 16.6 Å². The van der Waals surface area contributed by atoms with Crippen LogP contribution in [0.15, 0.2) is 29.2 Å². The molecule has 0 spiro atoms. The predicted molar refractivity (Wildman–Crippen MR) is 134 cm³/mol. The number of non-ortho nitro benzene ring substituents is 1. The second kappa shape index (κ2) is 11.3. The molecule has 0 aromatic heterocycles. The van der Waals surface area contributed by atoms with Gasteiger partial charge in [0.1, 0.15) is 0 Å². The number of sulfonamides is 1. The van der Waals surface area contributed by atoms with Crippen molar-refractivity contribution in [1.29, 1.82) is 0 Å². The SMILES string of the molecule is CC(C)[Si](O[C@H]1CC[C@H](N(C(=O)CN)S(=O)(=O)c2ccc([N+](=O)[O-])cc2)CC1)(C(C)C)C(C)C. The number of carbonyl (C=O) groups excluding carboxylic acids is 1. The minimum atomic E-state index is -4.20. The molecule has 9 nitrogen and oxygen atoms in total. The zero-order valence-electron chi connectivity index (χ0n) is 21.1. The van der Waals surface area contributed by atoms with Crippen molar-refractivity contribution in [3.05, 3.63) is 34.4 Å². The second-order valence-corrected chi connectivity index (χ2v) is 17.2. The number of rotatable bonds is 10. The van der Waals surface area contributed by atoms with Gasteiger partial charge in [-0.15, -0.1) is 0 Å². The molecule has 11 heteroatoms. The zero-order valence-corrected chi connectivity index (χ0v) is 22.9. The van der Waals surface area contributed by atoms with Gasteiger partial charge in [0.2, 0.25) is 14.2 Å². The third kappa shape index (κ3) is 5.69. The molecule has 0 aliphatic heterocycles. The van der Waals surface area contributed by atoms with Crippen molar-refractivity contribution in [2.45, 2.75) is 101 Å². The van der Waals surface area contributed by atoms with Crippen LogP contribution in [0.3, 0.4) is 0 Å². The summed E-state index contributed by atoms with van der Waals surface area (Å²) in [6.07, 6.45) is 2.33. The first-order valence-electron chi connectivity index (χ1n) is 12.0. The van der Waals surface area contributed by atoms with Gasteiger partial charge in [-0.05, 0) is 54.4 Å². The standard InChI is InChI=1S/C23H39N3O6SSi/c1-16(2)34(17(3)4,18(5)6)32-21-11-7-19(8-12-21)25(23(27)15-24)33(30,31)22-13-9-20(10-14-22)26(28)29/h9-10,13-14,16-19,21H,7-8,11-12,15,24H2,1-6H3/t19-,21-. The summed E-state index contributed by atoms with van der Waals surface area (Å²) in [6, 6.07) is 4.04. The number of nitrogens with zero attached hydrogens (tertiary/aromatic N) is 2. The minimum Gasteiger partial charge on any atom is -0.413 e. The lowest BCUT2D eigenvalue weighted by Crippen LogP contribution is -2.52. The van der Waals surface area contributed by atoms with Crippen LogP contribution in [0.4, 0.5) is 5.69 Å². The first kappa shape index (κ1) is 28.4. The summed E-state index contributed by atoms with van der Waals surface area (Å²) in [4.78, 5) is 22.8. The van der Waals surface area contributed by atoms with Crippen LogP contribution in [-0.4, -0.2) is 50.6 Å². The largest absolute Gasteiger partial charge is 0.413 e. The number of carbonyl (C=O) groups is 1. The summed E-state index contributed by atoms with van der Waals surface area (Å²) in [6.45, 7) is 13.0. The molecule has 1 aliphatic carbocycles. The Morgan fingerprint density at radius 3 is 1.91 bits per heavy atom. The van der Waals surface area contributed by atoms with Gasteiger partial charge in [0.15, 0.2) is 0 Å². The van der Waals surface area contributed by atoms with Crippen molar-refractivity contribution in [1.82, 2.24) is 4.31 Å². The lowest BCUT2D eigenvalue weighted by molar-refractivity contribution is -0.384. The minimum absolute atomic E-state index is 0.0343. The van der Waals surface area contributed by atoms with Gasteiger partial charge in [0.05, 0.1) is 16.4 Å². The molecule has 1 aromatic carbocycles. The number of nitro groups is 1. The van der Waals surface area contributed by atoms with Crippen LogP contribution in [0.25, 0.3) is 0 Å². The van der Waals surface area contributed by atoms with Crippen molar-refractivity contribution < 1.29 is 22.6 Å². The molecule has 0 atom stereocenters. The van der Waals surface area contributed by atoms with E-state index >= 15 is 0 Å². The Hall–Kier alpha value is -1.82. The molecule has 2 N–H and O–H groups in total. The van der Waals surface area contributed by atoms with E-state index in [1.807, 2.05) is 0 Å². The number of amides is 1. The van der Waals surface area contributed by atoms with Crippen LogP contribution in [-0.2, 0) is 19.2 Å². The number of benzene rings is 1. The third-order valence-electron chi connectivity index (χ3n) is 7.08. The maximum absolute atomic E-state index is 13.3. The maximum Gasteiger partial charge on any atom is 0.269 e. The van der Waals surface area contributed by atoms with E-state index < -0.39 is 41.8 Å².